The van der Waals surface area contributed by atoms with Crippen molar-refractivity contribution in [2.24, 2.45) is 5.92 Å². The van der Waals surface area contributed by atoms with Crippen LogP contribution in [0.25, 0.3) is 0 Å². The first-order valence-corrected chi connectivity index (χ1v) is 4.33. The highest BCUT2D eigenvalue weighted by molar-refractivity contribution is 5.25. The van der Waals surface area contributed by atoms with Crippen LogP contribution in [-0.2, 0) is 5.41 Å². The predicted molar refractivity (Wildman–Crippen MR) is 41.7 cm³/mol. The van der Waals surface area contributed by atoms with Crippen molar-refractivity contribution in [3.63, 3.8) is 0 Å². The molecular formula is C8H11N3O. The molecule has 2 atom stereocenters. The SMILES string of the molecule is Cc1noc([C@@]23CNC[C@@H]2C3)n1. The van der Waals surface area contributed by atoms with Crippen LogP contribution in [0.2, 0.25) is 0 Å². The van der Waals surface area contributed by atoms with E-state index in [0.717, 1.165) is 30.7 Å². The second-order valence-electron chi connectivity index (χ2n) is 3.83. The minimum Gasteiger partial charge on any atom is -0.339 e. The molecule has 1 aromatic rings. The Hall–Kier alpha value is -0.900. The molecule has 1 aromatic heterocycles. The first-order chi connectivity index (χ1) is 5.81. The number of hydrogen-bond donors (Lipinski definition) is 1. The van der Waals surface area contributed by atoms with Gasteiger partial charge >= 0.3 is 0 Å². The lowest BCUT2D eigenvalue weighted by Gasteiger charge is -2.02. The van der Waals surface area contributed by atoms with Gasteiger partial charge in [0.2, 0.25) is 5.89 Å². The molecule has 0 unspecified atom stereocenters. The minimum atomic E-state index is 0.223. The molecule has 4 heteroatoms. The van der Waals surface area contributed by atoms with Gasteiger partial charge in [-0.1, -0.05) is 5.16 Å². The number of piperidine rings is 1. The Bertz CT molecular complexity index is 322. The van der Waals surface area contributed by atoms with Gasteiger partial charge in [0.05, 0.1) is 5.41 Å². The van der Waals surface area contributed by atoms with E-state index in [9.17, 15) is 0 Å². The highest BCUT2D eigenvalue weighted by atomic mass is 16.5. The quantitative estimate of drug-likeness (QED) is 0.647. The van der Waals surface area contributed by atoms with Crippen LogP contribution in [0, 0.1) is 12.8 Å². The number of fused-ring (bicyclic) bond motifs is 1. The highest BCUT2D eigenvalue weighted by Gasteiger charge is 2.62. The van der Waals surface area contributed by atoms with Gasteiger partial charge in [0.1, 0.15) is 0 Å². The standard InChI is InChI=1S/C8H11N3O/c1-5-10-7(12-11-5)8-2-6(8)3-9-4-8/h6,9H,2-4H2,1H3/t6-,8-/m0/s1. The number of aromatic nitrogens is 2. The van der Waals surface area contributed by atoms with Crippen molar-refractivity contribution in [3.05, 3.63) is 11.7 Å². The average molecular weight is 165 g/mol. The molecule has 2 heterocycles. The first-order valence-electron chi connectivity index (χ1n) is 4.33. The topological polar surface area (TPSA) is 51.0 Å². The summed E-state index contributed by atoms with van der Waals surface area (Å²) in [7, 11) is 0. The molecule has 64 valence electrons. The van der Waals surface area contributed by atoms with Crippen LogP contribution in [0.1, 0.15) is 18.1 Å². The molecule has 4 nitrogen and oxygen atoms in total. The molecular weight excluding hydrogens is 154 g/mol. The average Bonchev–Trinajstić information content (AvgIpc) is 2.50. The van der Waals surface area contributed by atoms with E-state index in [1.807, 2.05) is 6.92 Å². The molecule has 1 aliphatic heterocycles. The number of aryl methyl sites for hydroxylation is 1. The third-order valence-electron chi connectivity index (χ3n) is 3.02. The largest absolute Gasteiger partial charge is 0.339 e. The number of hydrogen-bond acceptors (Lipinski definition) is 4. The molecule has 0 aromatic carbocycles. The Labute approximate surface area is 70.3 Å². The Morgan fingerprint density at radius 3 is 3.08 bits per heavy atom. The van der Waals surface area contributed by atoms with E-state index in [2.05, 4.69) is 15.5 Å². The third-order valence-corrected chi connectivity index (χ3v) is 3.02. The van der Waals surface area contributed by atoms with Gasteiger partial charge in [-0.15, -0.1) is 0 Å². The lowest BCUT2D eigenvalue weighted by atomic mass is 10.1. The fraction of sp³-hybridized carbons (Fsp3) is 0.750. The van der Waals surface area contributed by atoms with Gasteiger partial charge in [-0.25, -0.2) is 0 Å². The summed E-state index contributed by atoms with van der Waals surface area (Å²) < 4.78 is 5.19. The lowest BCUT2D eigenvalue weighted by molar-refractivity contribution is 0.343. The summed E-state index contributed by atoms with van der Waals surface area (Å²) in [6.07, 6.45) is 1.22. The Morgan fingerprint density at radius 1 is 1.67 bits per heavy atom. The zero-order valence-corrected chi connectivity index (χ0v) is 7.00. The van der Waals surface area contributed by atoms with E-state index in [4.69, 9.17) is 4.52 Å². The summed E-state index contributed by atoms with van der Waals surface area (Å²) in [6, 6.07) is 0. The maximum absolute atomic E-state index is 5.19. The van der Waals surface area contributed by atoms with Gasteiger partial charge in [-0.05, 0) is 25.8 Å². The van der Waals surface area contributed by atoms with E-state index in [-0.39, 0.29) is 5.41 Å². The molecule has 2 aliphatic rings. The highest BCUT2D eigenvalue weighted by Crippen LogP contribution is 2.55. The summed E-state index contributed by atoms with van der Waals surface area (Å²) in [4.78, 5) is 4.29. The molecule has 3 rings (SSSR count). The second-order valence-corrected chi connectivity index (χ2v) is 3.83. The fourth-order valence-corrected chi connectivity index (χ4v) is 2.17. The molecule has 0 bridgehead atoms. The van der Waals surface area contributed by atoms with E-state index >= 15 is 0 Å². The van der Waals surface area contributed by atoms with Crippen molar-refractivity contribution >= 4 is 0 Å². The van der Waals surface area contributed by atoms with Gasteiger partial charge in [-0.3, -0.25) is 0 Å². The van der Waals surface area contributed by atoms with Crippen LogP contribution in [0.5, 0.6) is 0 Å². The van der Waals surface area contributed by atoms with E-state index in [1.54, 1.807) is 0 Å². The van der Waals surface area contributed by atoms with Crippen LogP contribution >= 0.6 is 0 Å². The maximum atomic E-state index is 5.19. The summed E-state index contributed by atoms with van der Waals surface area (Å²) in [5.74, 6) is 2.34. The smallest absolute Gasteiger partial charge is 0.234 e. The number of rotatable bonds is 1. The summed E-state index contributed by atoms with van der Waals surface area (Å²) in [5, 5.41) is 7.16. The van der Waals surface area contributed by atoms with Gasteiger partial charge in [-0.2, -0.15) is 4.98 Å². The van der Waals surface area contributed by atoms with Crippen molar-refractivity contribution in [1.82, 2.24) is 15.5 Å². The molecule has 0 spiro atoms. The summed E-state index contributed by atoms with van der Waals surface area (Å²) >= 11 is 0. The van der Waals surface area contributed by atoms with Crippen LogP contribution < -0.4 is 5.32 Å². The molecule has 1 aliphatic carbocycles. The van der Waals surface area contributed by atoms with E-state index in [1.165, 1.54) is 6.42 Å². The van der Waals surface area contributed by atoms with E-state index in [0.29, 0.717) is 0 Å². The Morgan fingerprint density at radius 2 is 2.58 bits per heavy atom. The number of nitrogens with zero attached hydrogens (tertiary/aromatic N) is 2. The van der Waals surface area contributed by atoms with Crippen LogP contribution in [0.4, 0.5) is 0 Å². The first kappa shape index (κ1) is 6.60. The molecule has 1 N–H and O–H groups in total. The molecule has 0 radical (unpaired) electrons. The van der Waals surface area contributed by atoms with Crippen molar-refractivity contribution in [1.29, 1.82) is 0 Å². The van der Waals surface area contributed by atoms with Crippen molar-refractivity contribution in [2.45, 2.75) is 18.8 Å². The molecule has 12 heavy (non-hydrogen) atoms. The maximum Gasteiger partial charge on any atom is 0.234 e. The summed E-state index contributed by atoms with van der Waals surface area (Å²) in [5.41, 5.74) is 0.223. The van der Waals surface area contributed by atoms with Crippen molar-refractivity contribution in [2.75, 3.05) is 13.1 Å². The Balaban J connectivity index is 1.99. The van der Waals surface area contributed by atoms with E-state index < -0.39 is 0 Å². The predicted octanol–water partition coefficient (Wildman–Crippen LogP) is 0.239. The van der Waals surface area contributed by atoms with Crippen LogP contribution in [0.3, 0.4) is 0 Å². The Kier molecular flexibility index (Phi) is 1.03. The van der Waals surface area contributed by atoms with Gasteiger partial charge in [0.15, 0.2) is 5.82 Å². The monoisotopic (exact) mass is 165 g/mol. The van der Waals surface area contributed by atoms with Crippen LogP contribution in [0.15, 0.2) is 4.52 Å². The van der Waals surface area contributed by atoms with Crippen LogP contribution in [-0.4, -0.2) is 23.2 Å². The molecule has 1 saturated carbocycles. The zero-order valence-electron chi connectivity index (χ0n) is 7.00. The third kappa shape index (κ3) is 0.659. The minimum absolute atomic E-state index is 0.223. The second kappa shape index (κ2) is 1.88. The van der Waals surface area contributed by atoms with Crippen molar-refractivity contribution in [3.8, 4) is 0 Å². The van der Waals surface area contributed by atoms with Gasteiger partial charge in [0.25, 0.3) is 0 Å². The summed E-state index contributed by atoms with van der Waals surface area (Å²) in [6.45, 7) is 3.99. The number of nitrogens with one attached hydrogen (secondary N) is 1. The molecule has 1 saturated heterocycles. The molecule has 2 fully saturated rings. The van der Waals surface area contributed by atoms with Gasteiger partial charge in [0, 0.05) is 6.54 Å². The normalized spacial score (nSPS) is 38.2. The lowest BCUT2D eigenvalue weighted by Crippen LogP contribution is -2.19. The van der Waals surface area contributed by atoms with Gasteiger partial charge < -0.3 is 9.84 Å². The fourth-order valence-electron chi connectivity index (χ4n) is 2.17. The van der Waals surface area contributed by atoms with Crippen molar-refractivity contribution < 1.29 is 4.52 Å². The zero-order chi connectivity index (χ0) is 8.18. The molecule has 0 amide bonds.